The average Bonchev–Trinajstić information content (AvgIpc) is 2.46. The Bertz CT molecular complexity index is 248. The van der Waals surface area contributed by atoms with Gasteiger partial charge in [0.25, 0.3) is 0 Å². The normalized spacial score (nSPS) is 12.6. The van der Waals surface area contributed by atoms with Crippen LogP contribution in [0, 0.1) is 5.92 Å². The molecule has 1 atom stereocenters. The van der Waals surface area contributed by atoms with Gasteiger partial charge in [-0.05, 0) is 32.6 Å². The van der Waals surface area contributed by atoms with E-state index in [1.54, 1.807) is 0 Å². The first-order chi connectivity index (χ1) is 10.6. The summed E-state index contributed by atoms with van der Waals surface area (Å²) in [5, 5.41) is 0. The van der Waals surface area contributed by atoms with Gasteiger partial charge in [-0.15, -0.1) is 0 Å². The summed E-state index contributed by atoms with van der Waals surface area (Å²) in [5.41, 5.74) is 0. The molecule has 0 aromatic carbocycles. The lowest BCUT2D eigenvalue weighted by Crippen LogP contribution is -2.16. The van der Waals surface area contributed by atoms with Crippen molar-refractivity contribution in [1.82, 2.24) is 0 Å². The Morgan fingerprint density at radius 3 is 1.73 bits per heavy atom. The number of hydrogen-bond acceptors (Lipinski definition) is 2. The van der Waals surface area contributed by atoms with Gasteiger partial charge in [0.2, 0.25) is 0 Å². The van der Waals surface area contributed by atoms with Crippen LogP contribution < -0.4 is 0 Å². The van der Waals surface area contributed by atoms with Gasteiger partial charge in [-0.25, -0.2) is 0 Å². The van der Waals surface area contributed by atoms with Crippen molar-refractivity contribution < 1.29 is 9.53 Å². The second-order valence-electron chi connectivity index (χ2n) is 7.01. The van der Waals surface area contributed by atoms with E-state index in [4.69, 9.17) is 4.74 Å². The molecule has 0 bridgehead atoms. The predicted molar refractivity (Wildman–Crippen MR) is 96.1 cm³/mol. The van der Waals surface area contributed by atoms with Crippen molar-refractivity contribution in [3.63, 3.8) is 0 Å². The first-order valence-electron chi connectivity index (χ1n) is 9.79. The molecule has 0 aliphatic heterocycles. The van der Waals surface area contributed by atoms with Gasteiger partial charge in [-0.1, -0.05) is 78.1 Å². The molecule has 1 unspecified atom stereocenters. The van der Waals surface area contributed by atoms with Crippen molar-refractivity contribution >= 4 is 5.97 Å². The van der Waals surface area contributed by atoms with Crippen molar-refractivity contribution in [2.45, 2.75) is 117 Å². The molecule has 0 heterocycles. The molecule has 0 aromatic heterocycles. The Labute approximate surface area is 139 Å². The van der Waals surface area contributed by atoms with Crippen molar-refractivity contribution in [2.24, 2.45) is 5.92 Å². The van der Waals surface area contributed by atoms with E-state index < -0.39 is 0 Å². The quantitative estimate of drug-likeness (QED) is 0.249. The summed E-state index contributed by atoms with van der Waals surface area (Å²) in [6.07, 6.45) is 16.2. The lowest BCUT2D eigenvalue weighted by molar-refractivity contribution is -0.148. The number of carbonyl (C=O) groups is 1. The molecular formula is C20H40O2. The van der Waals surface area contributed by atoms with Crippen LogP contribution >= 0.6 is 0 Å². The van der Waals surface area contributed by atoms with Gasteiger partial charge in [0, 0.05) is 6.42 Å². The van der Waals surface area contributed by atoms with Crippen LogP contribution in [-0.2, 0) is 9.53 Å². The zero-order valence-corrected chi connectivity index (χ0v) is 15.7. The SMILES string of the molecule is CCCCCCCCC(CCCCCC)CC(=O)OC(C)C. The van der Waals surface area contributed by atoms with E-state index in [1.807, 2.05) is 13.8 Å². The maximum Gasteiger partial charge on any atom is 0.306 e. The molecule has 0 amide bonds. The Morgan fingerprint density at radius 2 is 1.23 bits per heavy atom. The van der Waals surface area contributed by atoms with Crippen molar-refractivity contribution in [2.75, 3.05) is 0 Å². The topological polar surface area (TPSA) is 26.3 Å². The average molecular weight is 313 g/mol. The van der Waals surface area contributed by atoms with Crippen LogP contribution in [0.1, 0.15) is 111 Å². The highest BCUT2D eigenvalue weighted by atomic mass is 16.5. The van der Waals surface area contributed by atoms with E-state index in [2.05, 4.69) is 13.8 Å². The van der Waals surface area contributed by atoms with Crippen LogP contribution in [-0.4, -0.2) is 12.1 Å². The fourth-order valence-corrected chi connectivity index (χ4v) is 2.97. The summed E-state index contributed by atoms with van der Waals surface area (Å²) in [6, 6.07) is 0. The Morgan fingerprint density at radius 1 is 0.773 bits per heavy atom. The molecule has 0 saturated carbocycles. The van der Waals surface area contributed by atoms with E-state index in [1.165, 1.54) is 77.0 Å². The number of rotatable bonds is 15. The number of carbonyl (C=O) groups excluding carboxylic acids is 1. The van der Waals surface area contributed by atoms with E-state index in [0.717, 1.165) is 0 Å². The van der Waals surface area contributed by atoms with Crippen LogP contribution in [0.5, 0.6) is 0 Å². The minimum atomic E-state index is 0.00137. The molecular weight excluding hydrogens is 272 g/mol. The molecule has 22 heavy (non-hydrogen) atoms. The number of hydrogen-bond donors (Lipinski definition) is 0. The second kappa shape index (κ2) is 15.4. The summed E-state index contributed by atoms with van der Waals surface area (Å²) in [6.45, 7) is 8.37. The van der Waals surface area contributed by atoms with E-state index in [9.17, 15) is 4.79 Å². The number of esters is 1. The van der Waals surface area contributed by atoms with Crippen LogP contribution in [0.15, 0.2) is 0 Å². The molecule has 0 fully saturated rings. The molecule has 0 N–H and O–H groups in total. The fraction of sp³-hybridized carbons (Fsp3) is 0.950. The van der Waals surface area contributed by atoms with Gasteiger partial charge in [-0.3, -0.25) is 4.79 Å². The monoisotopic (exact) mass is 312 g/mol. The Balaban J connectivity index is 3.96. The molecule has 0 aliphatic carbocycles. The smallest absolute Gasteiger partial charge is 0.306 e. The van der Waals surface area contributed by atoms with Crippen molar-refractivity contribution in [1.29, 1.82) is 0 Å². The summed E-state index contributed by atoms with van der Waals surface area (Å²) in [4.78, 5) is 11.9. The molecule has 2 nitrogen and oxygen atoms in total. The van der Waals surface area contributed by atoms with Gasteiger partial charge >= 0.3 is 5.97 Å². The minimum Gasteiger partial charge on any atom is -0.463 e. The highest BCUT2D eigenvalue weighted by Gasteiger charge is 2.15. The summed E-state index contributed by atoms with van der Waals surface area (Å²) < 4.78 is 5.33. The first kappa shape index (κ1) is 21.5. The third kappa shape index (κ3) is 14.4. The lowest BCUT2D eigenvalue weighted by Gasteiger charge is -2.17. The summed E-state index contributed by atoms with van der Waals surface area (Å²) in [5.74, 6) is 0.538. The predicted octanol–water partition coefficient (Wildman–Crippen LogP) is 6.67. The highest BCUT2D eigenvalue weighted by molar-refractivity contribution is 5.69. The maximum absolute atomic E-state index is 11.9. The maximum atomic E-state index is 11.9. The van der Waals surface area contributed by atoms with Gasteiger partial charge in [0.1, 0.15) is 0 Å². The minimum absolute atomic E-state index is 0.00137. The third-order valence-electron chi connectivity index (χ3n) is 4.25. The van der Waals surface area contributed by atoms with Gasteiger partial charge < -0.3 is 4.74 Å². The summed E-state index contributed by atoms with van der Waals surface area (Å²) in [7, 11) is 0. The van der Waals surface area contributed by atoms with Crippen molar-refractivity contribution in [3.8, 4) is 0 Å². The largest absolute Gasteiger partial charge is 0.463 e. The zero-order valence-electron chi connectivity index (χ0n) is 15.7. The van der Waals surface area contributed by atoms with E-state index >= 15 is 0 Å². The molecule has 0 saturated heterocycles. The molecule has 0 aliphatic rings. The molecule has 132 valence electrons. The van der Waals surface area contributed by atoms with Crippen LogP contribution in [0.3, 0.4) is 0 Å². The summed E-state index contributed by atoms with van der Waals surface area (Å²) >= 11 is 0. The van der Waals surface area contributed by atoms with Gasteiger partial charge in [0.05, 0.1) is 6.10 Å². The van der Waals surface area contributed by atoms with Gasteiger partial charge in [-0.2, -0.15) is 0 Å². The third-order valence-corrected chi connectivity index (χ3v) is 4.25. The van der Waals surface area contributed by atoms with E-state index in [0.29, 0.717) is 12.3 Å². The van der Waals surface area contributed by atoms with Crippen LogP contribution in [0.2, 0.25) is 0 Å². The zero-order chi connectivity index (χ0) is 16.6. The molecule has 0 spiro atoms. The standard InChI is InChI=1S/C20H40O2/c1-5-7-9-11-12-14-16-19(15-13-10-8-6-2)17-20(21)22-18(3)4/h18-19H,5-17H2,1-4H3. The molecule has 0 radical (unpaired) electrons. The Kier molecular flexibility index (Phi) is 15.0. The first-order valence-corrected chi connectivity index (χ1v) is 9.79. The number of unbranched alkanes of at least 4 members (excludes halogenated alkanes) is 8. The lowest BCUT2D eigenvalue weighted by atomic mass is 9.91. The number of ether oxygens (including phenoxy) is 1. The van der Waals surface area contributed by atoms with Crippen LogP contribution in [0.25, 0.3) is 0 Å². The van der Waals surface area contributed by atoms with Gasteiger partial charge in [0.15, 0.2) is 0 Å². The second-order valence-corrected chi connectivity index (χ2v) is 7.01. The van der Waals surface area contributed by atoms with Crippen molar-refractivity contribution in [3.05, 3.63) is 0 Å². The molecule has 0 rings (SSSR count). The Hall–Kier alpha value is -0.530. The van der Waals surface area contributed by atoms with Crippen LogP contribution in [0.4, 0.5) is 0 Å². The highest BCUT2D eigenvalue weighted by Crippen LogP contribution is 2.22. The van der Waals surface area contributed by atoms with E-state index in [-0.39, 0.29) is 12.1 Å². The molecule has 2 heteroatoms. The molecule has 0 aromatic rings. The fourth-order valence-electron chi connectivity index (χ4n) is 2.97.